The number of carbonyl (C=O) groups excluding carboxylic acids is 8. The monoisotopic (exact) mass is 1220 g/mol. The minimum absolute atomic E-state index is 0.0131. The Balaban J connectivity index is 1.43. The summed E-state index contributed by atoms with van der Waals surface area (Å²) < 4.78 is 16.6. The maximum Gasteiger partial charge on any atom is 0.243 e. The van der Waals surface area contributed by atoms with Crippen LogP contribution in [0.2, 0.25) is 0 Å². The topological polar surface area (TPSA) is 329 Å². The van der Waals surface area contributed by atoms with E-state index in [1.54, 1.807) is 49.4 Å². The Morgan fingerprint density at radius 1 is 0.575 bits per heavy atom. The van der Waals surface area contributed by atoms with E-state index in [1.165, 1.54) is 38.5 Å². The summed E-state index contributed by atoms with van der Waals surface area (Å²) in [5, 5.41) is 11.6. The lowest BCUT2D eigenvalue weighted by molar-refractivity contribution is -0.148. The lowest BCUT2D eigenvalue weighted by Crippen LogP contribution is -2.57. The van der Waals surface area contributed by atoms with Gasteiger partial charge in [0.15, 0.2) is 11.5 Å². The van der Waals surface area contributed by atoms with E-state index in [4.69, 9.17) is 37.1 Å². The third kappa shape index (κ3) is 23.5. The van der Waals surface area contributed by atoms with E-state index in [2.05, 4.69) is 21.3 Å². The molecule has 24 heteroatoms. The molecule has 8 amide bonds. The SMILES string of the molecule is COc1ccc(CN(CC(=O)N(CCCCN)CC(=O)N[C@@H](CCCCN)C(=O)N[C@@H](CCCCN)C(=O)N[C@@H](CCSC)C(N)=O)C(=O)CN(C(=O)CN(Cc2ccc3c(c2)OCO3)C(=O)CNC(C)c2ccccc2)C(C)c2ccccc2)cc1. The highest BCUT2D eigenvalue weighted by atomic mass is 32.2. The third-order valence-electron chi connectivity index (χ3n) is 15.0. The maximum atomic E-state index is 15.2. The molecule has 4 aromatic rings. The van der Waals surface area contributed by atoms with Crippen molar-refractivity contribution in [1.82, 2.24) is 40.9 Å². The number of fused-ring (bicyclic) bond motifs is 1. The molecule has 12 N–H and O–H groups in total. The zero-order chi connectivity index (χ0) is 63.1. The van der Waals surface area contributed by atoms with Crippen LogP contribution in [0, 0.1) is 0 Å². The number of hydrogen-bond donors (Lipinski definition) is 8. The number of hydrogen-bond acceptors (Lipinski definition) is 16. The summed E-state index contributed by atoms with van der Waals surface area (Å²) in [5.74, 6) is -2.67. The fraction of sp³-hybridized carbons (Fsp3) is 0.492. The smallest absolute Gasteiger partial charge is 0.243 e. The minimum Gasteiger partial charge on any atom is -0.497 e. The molecule has 0 fully saturated rings. The highest BCUT2D eigenvalue weighted by Crippen LogP contribution is 2.33. The Kier molecular flexibility index (Phi) is 30.3. The van der Waals surface area contributed by atoms with E-state index in [9.17, 15) is 28.8 Å². The van der Waals surface area contributed by atoms with Crippen LogP contribution in [0.15, 0.2) is 103 Å². The quantitative estimate of drug-likeness (QED) is 0.0297. The van der Waals surface area contributed by atoms with Crippen LogP contribution in [0.25, 0.3) is 0 Å². The zero-order valence-electron chi connectivity index (χ0n) is 50.8. The Hall–Kier alpha value is -7.77. The highest BCUT2D eigenvalue weighted by molar-refractivity contribution is 7.98. The Labute approximate surface area is 515 Å². The van der Waals surface area contributed by atoms with E-state index in [-0.39, 0.29) is 64.2 Å². The molecular formula is C63H90N12O11S. The number of amides is 8. The van der Waals surface area contributed by atoms with Crippen molar-refractivity contribution in [1.29, 1.82) is 0 Å². The van der Waals surface area contributed by atoms with Gasteiger partial charge in [0.25, 0.3) is 0 Å². The van der Waals surface area contributed by atoms with Crippen molar-refractivity contribution in [3.05, 3.63) is 125 Å². The van der Waals surface area contributed by atoms with Gasteiger partial charge in [-0.3, -0.25) is 38.4 Å². The molecule has 0 aromatic heterocycles. The first-order chi connectivity index (χ1) is 42.0. The van der Waals surface area contributed by atoms with Crippen LogP contribution in [0.1, 0.15) is 106 Å². The van der Waals surface area contributed by atoms with Gasteiger partial charge in [-0.05, 0) is 150 Å². The number of rotatable bonds is 40. The molecule has 1 aliphatic heterocycles. The van der Waals surface area contributed by atoms with Crippen molar-refractivity contribution in [3.8, 4) is 17.2 Å². The van der Waals surface area contributed by atoms with Gasteiger partial charge in [-0.2, -0.15) is 11.8 Å². The van der Waals surface area contributed by atoms with Gasteiger partial charge in [0.2, 0.25) is 54.1 Å². The molecular weight excluding hydrogens is 1130 g/mol. The average Bonchev–Trinajstić information content (AvgIpc) is 3.01. The lowest BCUT2D eigenvalue weighted by atomic mass is 10.0. The molecule has 1 heterocycles. The number of thioether (sulfide) groups is 1. The van der Waals surface area contributed by atoms with Crippen molar-refractivity contribution in [2.75, 3.05) is 84.8 Å². The summed E-state index contributed by atoms with van der Waals surface area (Å²) in [7, 11) is 1.52. The van der Waals surface area contributed by atoms with Crippen molar-refractivity contribution >= 4 is 59.0 Å². The first-order valence-electron chi connectivity index (χ1n) is 29.7. The van der Waals surface area contributed by atoms with Crippen molar-refractivity contribution in [2.24, 2.45) is 22.9 Å². The van der Waals surface area contributed by atoms with E-state index >= 15 is 9.59 Å². The number of unbranched alkanes of at least 4 members (excludes halogenated alkanes) is 3. The largest absolute Gasteiger partial charge is 0.497 e. The van der Waals surface area contributed by atoms with Gasteiger partial charge in [-0.15, -0.1) is 0 Å². The molecule has 0 saturated carbocycles. The van der Waals surface area contributed by atoms with Gasteiger partial charge in [0.05, 0.1) is 26.2 Å². The molecule has 87 heavy (non-hydrogen) atoms. The lowest BCUT2D eigenvalue weighted by Gasteiger charge is -2.34. The third-order valence-corrected chi connectivity index (χ3v) is 15.6. The minimum atomic E-state index is -1.17. The second-order valence-corrected chi connectivity index (χ2v) is 22.4. The first kappa shape index (κ1) is 70.0. The maximum absolute atomic E-state index is 15.2. The summed E-state index contributed by atoms with van der Waals surface area (Å²) in [6.07, 6.45) is 5.34. The molecule has 5 rings (SSSR count). The molecule has 474 valence electrons. The predicted octanol–water partition coefficient (Wildman–Crippen LogP) is 3.24. The molecule has 0 bridgehead atoms. The number of benzene rings is 4. The number of ether oxygens (including phenoxy) is 3. The number of primary amides is 1. The number of nitrogens with zero attached hydrogens (tertiary/aromatic N) is 4. The van der Waals surface area contributed by atoms with Crippen LogP contribution in [-0.4, -0.2) is 170 Å². The Morgan fingerprint density at radius 2 is 1.11 bits per heavy atom. The first-order valence-corrected chi connectivity index (χ1v) is 31.1. The number of carbonyl (C=O) groups is 8. The van der Waals surface area contributed by atoms with Gasteiger partial charge >= 0.3 is 0 Å². The van der Waals surface area contributed by atoms with Crippen LogP contribution < -0.4 is 58.4 Å². The second-order valence-electron chi connectivity index (χ2n) is 21.5. The van der Waals surface area contributed by atoms with Gasteiger partial charge in [0.1, 0.15) is 43.5 Å². The van der Waals surface area contributed by atoms with E-state index in [0.29, 0.717) is 97.9 Å². The standard InChI is InChI=1S/C63H90N12O11S/c1-44(48-17-7-5-8-18-48)68-36-57(77)73(38-47-25-28-54-55(35-47)86-43-85-54)41-60(80)75(45(2)49-19-9-6-10-20-49)42-59(79)74(37-46-23-26-50(84-3)27-24-46)40-58(78)72(33-16-15-32-66)39-56(76)69-52(21-11-13-30-64)62(82)71-53(22-12-14-31-65)63(83)70-51(61(67)81)29-34-87-4/h5-10,17-20,23-28,35,44-45,51-53,68H,11-16,21-22,29-34,36-43,64-66H2,1-4H3,(H2,67,81)(H,69,76)(H,70,83)(H,71,82)/t44?,45?,51-,52-,53-/m0/s1. The van der Waals surface area contributed by atoms with Crippen LogP contribution in [0.3, 0.4) is 0 Å². The molecule has 0 radical (unpaired) electrons. The van der Waals surface area contributed by atoms with E-state index in [0.717, 1.165) is 5.56 Å². The summed E-state index contributed by atoms with van der Waals surface area (Å²) in [5.41, 5.74) is 26.1. The molecule has 4 aromatic carbocycles. The van der Waals surface area contributed by atoms with Crippen LogP contribution in [-0.2, 0) is 51.4 Å². The van der Waals surface area contributed by atoms with Crippen molar-refractivity contribution < 1.29 is 52.6 Å². The normalized spacial score (nSPS) is 13.2. The van der Waals surface area contributed by atoms with E-state index in [1.807, 2.05) is 73.8 Å². The van der Waals surface area contributed by atoms with Crippen LogP contribution in [0.4, 0.5) is 0 Å². The molecule has 0 spiro atoms. The highest BCUT2D eigenvalue weighted by Gasteiger charge is 2.33. The molecule has 23 nitrogen and oxygen atoms in total. The molecule has 0 saturated heterocycles. The molecule has 0 aliphatic carbocycles. The summed E-state index contributed by atoms with van der Waals surface area (Å²) in [6.45, 7) is 2.58. The average molecular weight is 1220 g/mol. The molecule has 1 aliphatic rings. The molecule has 5 atom stereocenters. The van der Waals surface area contributed by atoms with Gasteiger partial charge in [-0.25, -0.2) is 0 Å². The summed E-state index contributed by atoms with van der Waals surface area (Å²) >= 11 is 1.48. The van der Waals surface area contributed by atoms with Crippen LogP contribution in [0.5, 0.6) is 17.2 Å². The number of nitrogens with one attached hydrogen (secondary N) is 4. The fourth-order valence-electron chi connectivity index (χ4n) is 9.74. The van der Waals surface area contributed by atoms with Crippen molar-refractivity contribution in [2.45, 2.75) is 115 Å². The zero-order valence-corrected chi connectivity index (χ0v) is 51.6. The Bertz CT molecular complexity index is 2820. The van der Waals surface area contributed by atoms with Gasteiger partial charge < -0.3 is 78.0 Å². The molecule has 2 unspecified atom stereocenters. The van der Waals surface area contributed by atoms with E-state index < -0.39 is 91.7 Å². The summed E-state index contributed by atoms with van der Waals surface area (Å²) in [4.78, 5) is 120. The van der Waals surface area contributed by atoms with Gasteiger partial charge in [0, 0.05) is 25.7 Å². The number of methoxy groups -OCH3 is 1. The summed E-state index contributed by atoms with van der Waals surface area (Å²) in [6, 6.07) is 26.9. The number of nitrogens with two attached hydrogens (primary N) is 4. The second kappa shape index (κ2) is 37.7. The van der Waals surface area contributed by atoms with Gasteiger partial charge in [-0.1, -0.05) is 78.9 Å². The Morgan fingerprint density at radius 3 is 1.72 bits per heavy atom. The van der Waals surface area contributed by atoms with Crippen molar-refractivity contribution in [3.63, 3.8) is 0 Å². The predicted molar refractivity (Wildman–Crippen MR) is 334 cm³/mol. The van der Waals surface area contributed by atoms with Crippen LogP contribution >= 0.6 is 11.8 Å². The fourth-order valence-corrected chi connectivity index (χ4v) is 10.2.